The highest BCUT2D eigenvalue weighted by molar-refractivity contribution is 7.85. The number of aromatic amines is 1. The highest BCUT2D eigenvalue weighted by Gasteiger charge is 2.07. The molecule has 0 aliphatic carbocycles. The van der Waals surface area contributed by atoms with Gasteiger partial charge in [0.05, 0.1) is 6.26 Å². The molecule has 112 valence electrons. The summed E-state index contributed by atoms with van der Waals surface area (Å²) in [5.74, 6) is 0.363. The molecule has 0 aliphatic heterocycles. The molecule has 6 nitrogen and oxygen atoms in total. The average molecular weight is 300 g/mol. The van der Waals surface area contributed by atoms with Gasteiger partial charge in [-0.2, -0.15) is 8.42 Å². The van der Waals surface area contributed by atoms with E-state index in [1.54, 1.807) is 6.07 Å². The van der Waals surface area contributed by atoms with Crippen molar-refractivity contribution in [1.29, 1.82) is 0 Å². The minimum Gasteiger partial charge on any atom is -0.507 e. The standard InChI is InChI=1S/C12H16N2O.CH4O3S/c1-14(2)7-6-9-8-13-10-4-3-5-11(15)12(9)10;1-5(2,3)4/h3-5,8,13,15H,6-7H2,1-2H3;1H3,(H,2,3,4). The van der Waals surface area contributed by atoms with Crippen molar-refractivity contribution < 1.29 is 18.1 Å². The first-order valence-corrected chi connectivity index (χ1v) is 7.88. The summed E-state index contributed by atoms with van der Waals surface area (Å²) in [5.41, 5.74) is 2.18. The van der Waals surface area contributed by atoms with E-state index < -0.39 is 10.1 Å². The van der Waals surface area contributed by atoms with Crippen molar-refractivity contribution in [2.24, 2.45) is 0 Å². The van der Waals surface area contributed by atoms with Crippen molar-refractivity contribution in [1.82, 2.24) is 9.88 Å². The molecule has 0 unspecified atom stereocenters. The van der Waals surface area contributed by atoms with Crippen LogP contribution in [0.1, 0.15) is 5.56 Å². The summed E-state index contributed by atoms with van der Waals surface area (Å²) in [6.45, 7) is 0.987. The first-order valence-electron chi connectivity index (χ1n) is 6.03. The third-order valence-electron chi connectivity index (χ3n) is 2.59. The van der Waals surface area contributed by atoms with Crippen molar-refractivity contribution >= 4 is 21.0 Å². The second-order valence-electron chi connectivity index (χ2n) is 4.80. The fourth-order valence-electron chi connectivity index (χ4n) is 1.78. The SMILES string of the molecule is CN(C)CCc1c[nH]c2cccc(O)c12.CS(=O)(=O)O. The van der Waals surface area contributed by atoms with E-state index in [4.69, 9.17) is 4.55 Å². The van der Waals surface area contributed by atoms with Crippen LogP contribution in [0.15, 0.2) is 24.4 Å². The Hall–Kier alpha value is -1.57. The molecule has 1 aromatic heterocycles. The van der Waals surface area contributed by atoms with Gasteiger partial charge in [0.1, 0.15) is 5.75 Å². The summed E-state index contributed by atoms with van der Waals surface area (Å²) in [5, 5.41) is 10.7. The lowest BCUT2D eigenvalue weighted by Gasteiger charge is -2.08. The first-order chi connectivity index (χ1) is 9.18. The third kappa shape index (κ3) is 5.60. The molecule has 0 saturated heterocycles. The van der Waals surface area contributed by atoms with Crippen LogP contribution in [-0.2, 0) is 16.5 Å². The highest BCUT2D eigenvalue weighted by Crippen LogP contribution is 2.27. The van der Waals surface area contributed by atoms with Gasteiger partial charge in [0, 0.05) is 23.6 Å². The van der Waals surface area contributed by atoms with Crippen LogP contribution in [0.3, 0.4) is 0 Å². The molecular formula is C13H20N2O4S. The summed E-state index contributed by atoms with van der Waals surface area (Å²) < 4.78 is 25.9. The minimum atomic E-state index is -3.67. The molecule has 1 heterocycles. The molecule has 0 amide bonds. The summed E-state index contributed by atoms with van der Waals surface area (Å²) in [7, 11) is 0.434. The van der Waals surface area contributed by atoms with Gasteiger partial charge in [-0.15, -0.1) is 0 Å². The Morgan fingerprint density at radius 3 is 2.45 bits per heavy atom. The smallest absolute Gasteiger partial charge is 0.261 e. The number of aromatic nitrogens is 1. The minimum absolute atomic E-state index is 0.363. The van der Waals surface area contributed by atoms with E-state index in [1.807, 2.05) is 18.3 Å². The van der Waals surface area contributed by atoms with E-state index in [2.05, 4.69) is 24.0 Å². The Morgan fingerprint density at radius 2 is 1.90 bits per heavy atom. The van der Waals surface area contributed by atoms with Crippen molar-refractivity contribution in [3.05, 3.63) is 30.0 Å². The maximum Gasteiger partial charge on any atom is 0.261 e. The molecule has 0 radical (unpaired) electrons. The second kappa shape index (κ2) is 6.74. The molecule has 0 fully saturated rings. The predicted molar refractivity (Wildman–Crippen MR) is 79.7 cm³/mol. The largest absolute Gasteiger partial charge is 0.507 e. The maximum atomic E-state index is 9.77. The van der Waals surface area contributed by atoms with E-state index in [0.717, 1.165) is 23.9 Å². The average Bonchev–Trinajstić information content (AvgIpc) is 2.68. The fourth-order valence-corrected chi connectivity index (χ4v) is 1.78. The van der Waals surface area contributed by atoms with Crippen LogP contribution < -0.4 is 0 Å². The Labute approximate surface area is 118 Å². The third-order valence-corrected chi connectivity index (χ3v) is 2.59. The van der Waals surface area contributed by atoms with E-state index in [9.17, 15) is 13.5 Å². The zero-order chi connectivity index (χ0) is 15.3. The number of phenols is 1. The monoisotopic (exact) mass is 300 g/mol. The number of rotatable bonds is 3. The van der Waals surface area contributed by atoms with Crippen LogP contribution in [0.25, 0.3) is 10.9 Å². The van der Waals surface area contributed by atoms with Crippen molar-refractivity contribution in [3.63, 3.8) is 0 Å². The van der Waals surface area contributed by atoms with E-state index >= 15 is 0 Å². The molecule has 0 bridgehead atoms. The van der Waals surface area contributed by atoms with Gasteiger partial charge >= 0.3 is 0 Å². The maximum absolute atomic E-state index is 9.77. The molecule has 2 rings (SSSR count). The molecule has 0 saturated carbocycles. The van der Waals surface area contributed by atoms with Gasteiger partial charge in [0.15, 0.2) is 0 Å². The van der Waals surface area contributed by atoms with Crippen LogP contribution in [0.5, 0.6) is 5.75 Å². The first kappa shape index (κ1) is 16.5. The number of fused-ring (bicyclic) bond motifs is 1. The molecule has 7 heteroatoms. The molecule has 3 N–H and O–H groups in total. The lowest BCUT2D eigenvalue weighted by molar-refractivity contribution is 0.414. The molecule has 0 aliphatic rings. The quantitative estimate of drug-likeness (QED) is 0.747. The molecule has 0 atom stereocenters. The van der Waals surface area contributed by atoms with E-state index in [1.165, 1.54) is 5.56 Å². The molecule has 0 spiro atoms. The van der Waals surface area contributed by atoms with Gasteiger partial charge in [0.2, 0.25) is 0 Å². The van der Waals surface area contributed by atoms with Crippen molar-refractivity contribution in [2.75, 3.05) is 26.9 Å². The number of phenolic OH excluding ortho intramolecular Hbond substituents is 1. The Balaban J connectivity index is 0.000000347. The number of H-pyrrole nitrogens is 1. The zero-order valence-electron chi connectivity index (χ0n) is 11.8. The van der Waals surface area contributed by atoms with Gasteiger partial charge in [-0.3, -0.25) is 4.55 Å². The molecule has 1 aromatic carbocycles. The van der Waals surface area contributed by atoms with Crippen LogP contribution in [0.4, 0.5) is 0 Å². The van der Waals surface area contributed by atoms with Crippen LogP contribution in [0.2, 0.25) is 0 Å². The van der Waals surface area contributed by atoms with Gasteiger partial charge in [-0.25, -0.2) is 0 Å². The number of likely N-dealkylation sites (N-methyl/N-ethyl adjacent to an activating group) is 1. The normalized spacial score (nSPS) is 11.4. The second-order valence-corrected chi connectivity index (χ2v) is 6.27. The summed E-state index contributed by atoms with van der Waals surface area (Å²) in [4.78, 5) is 5.31. The summed E-state index contributed by atoms with van der Waals surface area (Å²) >= 11 is 0. The Bertz CT molecular complexity index is 654. The summed E-state index contributed by atoms with van der Waals surface area (Å²) in [6.07, 6.45) is 3.64. The fraction of sp³-hybridized carbons (Fsp3) is 0.385. The van der Waals surface area contributed by atoms with Gasteiger partial charge in [-0.1, -0.05) is 6.07 Å². The number of aromatic hydroxyl groups is 1. The Kier molecular flexibility index (Phi) is 5.55. The number of hydrogen-bond acceptors (Lipinski definition) is 4. The van der Waals surface area contributed by atoms with Crippen molar-refractivity contribution in [3.8, 4) is 5.75 Å². The molecule has 2 aromatic rings. The Morgan fingerprint density at radius 1 is 1.30 bits per heavy atom. The predicted octanol–water partition coefficient (Wildman–Crippen LogP) is 1.48. The topological polar surface area (TPSA) is 93.6 Å². The number of nitrogens with one attached hydrogen (secondary N) is 1. The highest BCUT2D eigenvalue weighted by atomic mass is 32.2. The van der Waals surface area contributed by atoms with E-state index in [0.29, 0.717) is 12.0 Å². The summed E-state index contributed by atoms with van der Waals surface area (Å²) in [6, 6.07) is 5.56. The lowest BCUT2D eigenvalue weighted by atomic mass is 10.1. The number of hydrogen-bond donors (Lipinski definition) is 3. The van der Waals surface area contributed by atoms with Crippen LogP contribution >= 0.6 is 0 Å². The zero-order valence-corrected chi connectivity index (χ0v) is 12.6. The number of benzene rings is 1. The van der Waals surface area contributed by atoms with Crippen LogP contribution in [-0.4, -0.2) is 54.9 Å². The van der Waals surface area contributed by atoms with E-state index in [-0.39, 0.29) is 0 Å². The van der Waals surface area contributed by atoms with Crippen LogP contribution in [0, 0.1) is 0 Å². The van der Waals surface area contributed by atoms with Gasteiger partial charge in [0.25, 0.3) is 10.1 Å². The number of nitrogens with zero attached hydrogens (tertiary/aromatic N) is 1. The lowest BCUT2D eigenvalue weighted by Crippen LogP contribution is -2.14. The van der Waals surface area contributed by atoms with Crippen molar-refractivity contribution in [2.45, 2.75) is 6.42 Å². The van der Waals surface area contributed by atoms with Gasteiger partial charge < -0.3 is 15.0 Å². The van der Waals surface area contributed by atoms with Gasteiger partial charge in [-0.05, 0) is 38.2 Å². The molecule has 20 heavy (non-hydrogen) atoms. The molecular weight excluding hydrogens is 280 g/mol.